The number of rotatable bonds is 4. The number of hydrogen-bond donors (Lipinski definition) is 1. The molecular formula is C18H21ClN4O3. The second kappa shape index (κ2) is 7.88. The van der Waals surface area contributed by atoms with Crippen LogP contribution >= 0.6 is 11.6 Å². The summed E-state index contributed by atoms with van der Waals surface area (Å²) in [7, 11) is 0. The van der Waals surface area contributed by atoms with Gasteiger partial charge < -0.3 is 9.42 Å². The quantitative estimate of drug-likeness (QED) is 0.886. The minimum Gasteiger partial charge on any atom is -0.338 e. The van der Waals surface area contributed by atoms with E-state index in [9.17, 15) is 9.59 Å². The monoisotopic (exact) mass is 376 g/mol. The topological polar surface area (TPSA) is 78.7 Å². The second-order valence-corrected chi connectivity index (χ2v) is 6.77. The summed E-state index contributed by atoms with van der Waals surface area (Å²) >= 11 is 5.87. The molecule has 1 aromatic carbocycles. The number of amides is 2. The van der Waals surface area contributed by atoms with E-state index in [4.69, 9.17) is 16.1 Å². The van der Waals surface area contributed by atoms with Crippen molar-refractivity contribution >= 4 is 29.3 Å². The summed E-state index contributed by atoms with van der Waals surface area (Å²) in [6.07, 6.45) is 0. The Morgan fingerprint density at radius 2 is 1.85 bits per heavy atom. The van der Waals surface area contributed by atoms with E-state index in [1.54, 1.807) is 42.2 Å². The lowest BCUT2D eigenvalue weighted by Gasteiger charge is -2.37. The number of piperazine rings is 1. The average molecular weight is 377 g/mol. The largest absolute Gasteiger partial charge is 0.338 e. The molecule has 1 aliphatic heterocycles. The van der Waals surface area contributed by atoms with Gasteiger partial charge in [0.1, 0.15) is 0 Å². The van der Waals surface area contributed by atoms with Crippen LogP contribution in [0.15, 0.2) is 34.9 Å². The van der Waals surface area contributed by atoms with Crippen molar-refractivity contribution in [2.75, 3.05) is 31.5 Å². The molecule has 138 valence electrons. The third-order valence-corrected chi connectivity index (χ3v) is 4.75. The molecule has 1 aromatic heterocycles. The van der Waals surface area contributed by atoms with E-state index in [1.165, 1.54) is 0 Å². The van der Waals surface area contributed by atoms with Crippen molar-refractivity contribution in [3.63, 3.8) is 0 Å². The first-order valence-electron chi connectivity index (χ1n) is 8.47. The minimum atomic E-state index is -0.326. The van der Waals surface area contributed by atoms with Crippen molar-refractivity contribution in [1.82, 2.24) is 15.0 Å². The van der Waals surface area contributed by atoms with Gasteiger partial charge in [-0.1, -0.05) is 16.8 Å². The number of carbonyl (C=O) groups is 2. The standard InChI is InChI=1S/C18H21ClN4O3/c1-12-11-16(26-21-12)20-17(24)13(2)22-7-9-23(10-8-22)18(25)14-3-5-15(19)6-4-14/h3-6,11,13H,7-10H2,1-2H3,(H,20,24). The highest BCUT2D eigenvalue weighted by Crippen LogP contribution is 2.15. The molecule has 3 rings (SSSR count). The van der Waals surface area contributed by atoms with Gasteiger partial charge >= 0.3 is 0 Å². The number of aryl methyl sites for hydroxylation is 1. The Bertz CT molecular complexity index is 782. The molecule has 0 spiro atoms. The summed E-state index contributed by atoms with van der Waals surface area (Å²) in [6.45, 7) is 6.03. The predicted molar refractivity (Wildman–Crippen MR) is 98.3 cm³/mol. The van der Waals surface area contributed by atoms with Crippen LogP contribution < -0.4 is 5.32 Å². The summed E-state index contributed by atoms with van der Waals surface area (Å²) in [4.78, 5) is 28.7. The van der Waals surface area contributed by atoms with Crippen molar-refractivity contribution in [2.24, 2.45) is 0 Å². The molecule has 2 heterocycles. The summed E-state index contributed by atoms with van der Waals surface area (Å²) in [6, 6.07) is 8.23. The maximum Gasteiger partial charge on any atom is 0.253 e. The molecule has 0 bridgehead atoms. The number of carbonyl (C=O) groups excluding carboxylic acids is 2. The lowest BCUT2D eigenvalue weighted by atomic mass is 10.1. The highest BCUT2D eigenvalue weighted by Gasteiger charge is 2.28. The van der Waals surface area contributed by atoms with Gasteiger partial charge in [0.05, 0.1) is 11.7 Å². The number of benzene rings is 1. The first-order valence-corrected chi connectivity index (χ1v) is 8.85. The van der Waals surface area contributed by atoms with Crippen molar-refractivity contribution in [3.8, 4) is 0 Å². The van der Waals surface area contributed by atoms with E-state index in [1.807, 2.05) is 11.8 Å². The first kappa shape index (κ1) is 18.4. The Morgan fingerprint density at radius 1 is 1.19 bits per heavy atom. The Labute approximate surface area is 156 Å². The highest BCUT2D eigenvalue weighted by molar-refractivity contribution is 6.30. The van der Waals surface area contributed by atoms with Crippen LogP contribution in [0.3, 0.4) is 0 Å². The zero-order valence-corrected chi connectivity index (χ0v) is 15.5. The SMILES string of the molecule is Cc1cc(NC(=O)C(C)N2CCN(C(=O)c3ccc(Cl)cc3)CC2)on1. The number of nitrogens with one attached hydrogen (secondary N) is 1. The Hall–Kier alpha value is -2.38. The Balaban J connectivity index is 1.53. The molecule has 1 fully saturated rings. The van der Waals surface area contributed by atoms with Crippen LogP contribution in [-0.2, 0) is 4.79 Å². The van der Waals surface area contributed by atoms with Gasteiger partial charge in [-0.25, -0.2) is 0 Å². The lowest BCUT2D eigenvalue weighted by Crippen LogP contribution is -2.54. The molecule has 1 aliphatic rings. The van der Waals surface area contributed by atoms with E-state index >= 15 is 0 Å². The number of aromatic nitrogens is 1. The Morgan fingerprint density at radius 3 is 2.42 bits per heavy atom. The van der Waals surface area contributed by atoms with E-state index in [0.29, 0.717) is 48.3 Å². The van der Waals surface area contributed by atoms with Crippen LogP contribution in [0.4, 0.5) is 5.88 Å². The van der Waals surface area contributed by atoms with Crippen LogP contribution in [0.1, 0.15) is 23.0 Å². The fourth-order valence-corrected chi connectivity index (χ4v) is 3.03. The zero-order valence-electron chi connectivity index (χ0n) is 14.7. The molecular weight excluding hydrogens is 356 g/mol. The summed E-state index contributed by atoms with van der Waals surface area (Å²) < 4.78 is 5.02. The molecule has 2 aromatic rings. The summed E-state index contributed by atoms with van der Waals surface area (Å²) in [5.74, 6) is 0.171. The molecule has 1 atom stereocenters. The average Bonchev–Trinajstić information content (AvgIpc) is 3.06. The fourth-order valence-electron chi connectivity index (χ4n) is 2.90. The van der Waals surface area contributed by atoms with E-state index in [0.717, 1.165) is 0 Å². The number of anilines is 1. The summed E-state index contributed by atoms with van der Waals surface area (Å²) in [5.41, 5.74) is 1.33. The van der Waals surface area contributed by atoms with Gasteiger partial charge in [-0.3, -0.25) is 19.8 Å². The molecule has 0 aliphatic carbocycles. The van der Waals surface area contributed by atoms with Crippen LogP contribution in [-0.4, -0.2) is 59.0 Å². The van der Waals surface area contributed by atoms with Gasteiger partial charge in [0, 0.05) is 42.8 Å². The third kappa shape index (κ3) is 4.23. The molecule has 8 heteroatoms. The molecule has 1 N–H and O–H groups in total. The van der Waals surface area contributed by atoms with Crippen LogP contribution in [0.5, 0.6) is 0 Å². The van der Waals surface area contributed by atoms with Crippen LogP contribution in [0, 0.1) is 6.92 Å². The third-order valence-electron chi connectivity index (χ3n) is 4.49. The van der Waals surface area contributed by atoms with Gasteiger partial charge in [-0.05, 0) is 38.1 Å². The minimum absolute atomic E-state index is 0.0180. The lowest BCUT2D eigenvalue weighted by molar-refractivity contribution is -0.121. The van der Waals surface area contributed by atoms with E-state index < -0.39 is 0 Å². The summed E-state index contributed by atoms with van der Waals surface area (Å²) in [5, 5.41) is 7.08. The van der Waals surface area contributed by atoms with Gasteiger partial charge in [-0.2, -0.15) is 0 Å². The molecule has 26 heavy (non-hydrogen) atoms. The van der Waals surface area contributed by atoms with Crippen molar-refractivity contribution in [2.45, 2.75) is 19.9 Å². The van der Waals surface area contributed by atoms with E-state index in [2.05, 4.69) is 10.5 Å². The van der Waals surface area contributed by atoms with Crippen LogP contribution in [0.2, 0.25) is 5.02 Å². The normalized spacial score (nSPS) is 16.3. The Kier molecular flexibility index (Phi) is 5.58. The molecule has 2 amide bonds. The number of halogens is 1. The second-order valence-electron chi connectivity index (χ2n) is 6.33. The van der Waals surface area contributed by atoms with Gasteiger partial charge in [0.15, 0.2) is 0 Å². The van der Waals surface area contributed by atoms with Crippen LogP contribution in [0.25, 0.3) is 0 Å². The zero-order chi connectivity index (χ0) is 18.7. The van der Waals surface area contributed by atoms with Crippen molar-refractivity contribution in [3.05, 3.63) is 46.6 Å². The van der Waals surface area contributed by atoms with E-state index in [-0.39, 0.29) is 17.9 Å². The van der Waals surface area contributed by atoms with Gasteiger partial charge in [0.25, 0.3) is 5.91 Å². The maximum atomic E-state index is 12.5. The number of nitrogens with zero attached hydrogens (tertiary/aromatic N) is 3. The molecule has 7 nitrogen and oxygen atoms in total. The highest BCUT2D eigenvalue weighted by atomic mass is 35.5. The fraction of sp³-hybridized carbons (Fsp3) is 0.389. The molecule has 1 saturated heterocycles. The van der Waals surface area contributed by atoms with Crippen molar-refractivity contribution < 1.29 is 14.1 Å². The smallest absolute Gasteiger partial charge is 0.253 e. The molecule has 0 radical (unpaired) electrons. The molecule has 0 saturated carbocycles. The number of hydrogen-bond acceptors (Lipinski definition) is 5. The van der Waals surface area contributed by atoms with Gasteiger partial charge in [0.2, 0.25) is 11.8 Å². The maximum absolute atomic E-state index is 12.5. The van der Waals surface area contributed by atoms with Gasteiger partial charge in [-0.15, -0.1) is 0 Å². The predicted octanol–water partition coefficient (Wildman–Crippen LogP) is 2.42. The first-order chi connectivity index (χ1) is 12.4. The molecule has 1 unspecified atom stereocenters. The van der Waals surface area contributed by atoms with Crippen molar-refractivity contribution in [1.29, 1.82) is 0 Å².